The van der Waals surface area contributed by atoms with Crippen molar-refractivity contribution in [2.75, 3.05) is 31.2 Å². The molecule has 0 bridgehead atoms. The van der Waals surface area contributed by atoms with Gasteiger partial charge in [-0.15, -0.1) is 0 Å². The van der Waals surface area contributed by atoms with E-state index >= 15 is 0 Å². The fourth-order valence-corrected chi connectivity index (χ4v) is 2.81. The van der Waals surface area contributed by atoms with E-state index in [1.165, 1.54) is 0 Å². The monoisotopic (exact) mass is 393 g/mol. The van der Waals surface area contributed by atoms with Crippen LogP contribution in [-0.4, -0.2) is 50.3 Å². The first-order valence-corrected chi connectivity index (χ1v) is 6.95. The Bertz CT molecular complexity index is 640. The van der Waals surface area contributed by atoms with Crippen molar-refractivity contribution in [3.05, 3.63) is 11.1 Å². The zero-order chi connectivity index (χ0) is 13.4. The molecule has 19 heavy (non-hydrogen) atoms. The molecule has 100 valence electrons. The second kappa shape index (κ2) is 5.17. The maximum Gasteiger partial charge on any atom is 0.226 e. The van der Waals surface area contributed by atoms with Crippen LogP contribution in [0, 0.1) is 0 Å². The van der Waals surface area contributed by atoms with Crippen molar-refractivity contribution in [2.24, 2.45) is 0 Å². The van der Waals surface area contributed by atoms with Gasteiger partial charge in [-0.05, 0) is 11.6 Å². The van der Waals surface area contributed by atoms with Crippen LogP contribution in [0.5, 0.6) is 0 Å². The van der Waals surface area contributed by atoms with Gasteiger partial charge < -0.3 is 9.64 Å². The van der Waals surface area contributed by atoms with Crippen molar-refractivity contribution in [1.82, 2.24) is 17.7 Å². The Morgan fingerprint density at radius 3 is 2.68 bits per heavy atom. The molecule has 3 rings (SSSR count). The zero-order valence-electron chi connectivity index (χ0n) is 9.71. The summed E-state index contributed by atoms with van der Waals surface area (Å²) in [7, 11) is 0. The highest BCUT2D eigenvalue weighted by molar-refractivity contribution is 14.1. The van der Waals surface area contributed by atoms with E-state index in [2.05, 4.69) is 19.9 Å². The number of fused-ring (bicyclic) bond motifs is 1. The van der Waals surface area contributed by atoms with Crippen molar-refractivity contribution >= 4 is 57.7 Å². The van der Waals surface area contributed by atoms with Crippen LogP contribution >= 0.6 is 34.5 Å². The van der Waals surface area contributed by atoms with Gasteiger partial charge in [0.1, 0.15) is 5.52 Å². The SMILES string of the molecule is O=Cc1nc2nc(Cl)nc(N3CCOCC3)c2n1I. The average molecular weight is 394 g/mol. The quantitative estimate of drug-likeness (QED) is 0.435. The lowest BCUT2D eigenvalue weighted by Gasteiger charge is -2.28. The predicted molar refractivity (Wildman–Crippen MR) is 78.2 cm³/mol. The number of morpholine rings is 1. The summed E-state index contributed by atoms with van der Waals surface area (Å²) in [6.45, 7) is 2.72. The molecule has 0 radical (unpaired) electrons. The Hall–Kier alpha value is -1.00. The fraction of sp³-hybridized carbons (Fsp3) is 0.400. The lowest BCUT2D eigenvalue weighted by molar-refractivity contribution is 0.111. The number of hydrogen-bond donors (Lipinski definition) is 0. The molecule has 3 heterocycles. The number of anilines is 1. The van der Waals surface area contributed by atoms with Gasteiger partial charge in [0.25, 0.3) is 0 Å². The summed E-state index contributed by atoms with van der Waals surface area (Å²) in [6.07, 6.45) is 0.686. The number of carbonyl (C=O) groups is 1. The van der Waals surface area contributed by atoms with Crippen molar-refractivity contribution in [2.45, 2.75) is 0 Å². The van der Waals surface area contributed by atoms with Crippen LogP contribution in [0.25, 0.3) is 11.2 Å². The summed E-state index contributed by atoms with van der Waals surface area (Å²) < 4.78 is 6.98. The molecule has 7 nitrogen and oxygen atoms in total. The first-order chi connectivity index (χ1) is 9.20. The summed E-state index contributed by atoms with van der Waals surface area (Å²) in [5, 5.41) is 0.126. The number of nitrogens with zero attached hydrogens (tertiary/aromatic N) is 5. The Labute approximate surface area is 127 Å². The summed E-state index contributed by atoms with van der Waals surface area (Å²) in [5.74, 6) is 0.981. The van der Waals surface area contributed by atoms with Crippen LogP contribution in [-0.2, 0) is 4.74 Å². The van der Waals surface area contributed by atoms with Gasteiger partial charge in [0, 0.05) is 13.1 Å². The van der Waals surface area contributed by atoms with E-state index in [0.29, 0.717) is 42.3 Å². The highest BCUT2D eigenvalue weighted by Crippen LogP contribution is 2.28. The lowest BCUT2D eigenvalue weighted by Crippen LogP contribution is -2.37. The Morgan fingerprint density at radius 1 is 1.26 bits per heavy atom. The molecule has 0 spiro atoms. The molecule has 0 N–H and O–H groups in total. The summed E-state index contributed by atoms with van der Waals surface area (Å²) >= 11 is 7.94. The minimum atomic E-state index is 0.126. The van der Waals surface area contributed by atoms with Gasteiger partial charge in [-0.25, -0.2) is 4.98 Å². The maximum atomic E-state index is 11.0. The molecule has 0 amide bonds. The first kappa shape index (κ1) is 13.0. The number of carbonyl (C=O) groups excluding carboxylic acids is 1. The highest BCUT2D eigenvalue weighted by Gasteiger charge is 2.22. The first-order valence-electron chi connectivity index (χ1n) is 5.60. The normalized spacial score (nSPS) is 16.0. The second-order valence-corrected chi connectivity index (χ2v) is 5.26. The van der Waals surface area contributed by atoms with Crippen LogP contribution in [0.1, 0.15) is 10.6 Å². The molecule has 2 aromatic heterocycles. The molecular weight excluding hydrogens is 384 g/mol. The number of rotatable bonds is 2. The number of hydrogen-bond acceptors (Lipinski definition) is 6. The Kier molecular flexibility index (Phi) is 3.54. The van der Waals surface area contributed by atoms with E-state index in [1.54, 1.807) is 2.78 Å². The highest BCUT2D eigenvalue weighted by atomic mass is 127. The van der Waals surface area contributed by atoms with Crippen LogP contribution < -0.4 is 4.90 Å². The van der Waals surface area contributed by atoms with Gasteiger partial charge in [-0.2, -0.15) is 9.97 Å². The van der Waals surface area contributed by atoms with Crippen molar-refractivity contribution in [3.63, 3.8) is 0 Å². The Morgan fingerprint density at radius 2 is 2.00 bits per heavy atom. The molecular formula is C10H9ClIN5O2. The molecule has 1 aliphatic rings. The molecule has 0 unspecified atom stereocenters. The summed E-state index contributed by atoms with van der Waals surface area (Å²) in [6, 6.07) is 0. The largest absolute Gasteiger partial charge is 0.378 e. The third kappa shape index (κ3) is 2.28. The second-order valence-electron chi connectivity index (χ2n) is 3.96. The van der Waals surface area contributed by atoms with Gasteiger partial charge in [-0.1, -0.05) is 0 Å². The van der Waals surface area contributed by atoms with Crippen LogP contribution in [0.2, 0.25) is 5.28 Å². The molecule has 1 saturated heterocycles. The molecule has 0 aromatic carbocycles. The van der Waals surface area contributed by atoms with Gasteiger partial charge in [0.2, 0.25) is 5.28 Å². The number of ether oxygens (including phenoxy) is 1. The number of imidazole rings is 1. The van der Waals surface area contributed by atoms with Crippen molar-refractivity contribution in [1.29, 1.82) is 0 Å². The standard InChI is InChI=1S/C10H9ClIN5O2/c11-10-14-8-7(17(12)6(5-18)13-8)9(15-10)16-1-3-19-4-2-16/h5H,1-4H2. The number of halogens is 2. The summed E-state index contributed by atoms with van der Waals surface area (Å²) in [4.78, 5) is 25.5. The fourth-order valence-electron chi connectivity index (χ4n) is 1.99. The van der Waals surface area contributed by atoms with E-state index in [-0.39, 0.29) is 5.28 Å². The minimum absolute atomic E-state index is 0.126. The number of aldehydes is 1. The zero-order valence-corrected chi connectivity index (χ0v) is 12.6. The lowest BCUT2D eigenvalue weighted by atomic mass is 10.4. The van der Waals surface area contributed by atoms with E-state index < -0.39 is 0 Å². The maximum absolute atomic E-state index is 11.0. The van der Waals surface area contributed by atoms with Gasteiger partial charge in [0.15, 0.2) is 23.6 Å². The van der Waals surface area contributed by atoms with E-state index in [0.717, 1.165) is 13.1 Å². The van der Waals surface area contributed by atoms with Gasteiger partial charge in [-0.3, -0.25) is 7.58 Å². The molecule has 0 atom stereocenters. The third-order valence-corrected chi connectivity index (χ3v) is 4.00. The Balaban J connectivity index is 2.21. The van der Waals surface area contributed by atoms with E-state index in [9.17, 15) is 4.79 Å². The molecule has 0 aliphatic carbocycles. The topological polar surface area (TPSA) is 73.1 Å². The van der Waals surface area contributed by atoms with E-state index in [1.807, 2.05) is 22.9 Å². The summed E-state index contributed by atoms with van der Waals surface area (Å²) in [5.41, 5.74) is 1.13. The van der Waals surface area contributed by atoms with E-state index in [4.69, 9.17) is 16.3 Å². The number of aromatic nitrogens is 4. The third-order valence-electron chi connectivity index (χ3n) is 2.85. The van der Waals surface area contributed by atoms with Crippen LogP contribution in [0.15, 0.2) is 0 Å². The molecule has 0 saturated carbocycles. The molecule has 1 aliphatic heterocycles. The molecule has 2 aromatic rings. The molecule has 1 fully saturated rings. The smallest absolute Gasteiger partial charge is 0.226 e. The minimum Gasteiger partial charge on any atom is -0.378 e. The predicted octanol–water partition coefficient (Wildman–Crippen LogP) is 1.33. The van der Waals surface area contributed by atoms with Gasteiger partial charge >= 0.3 is 0 Å². The average Bonchev–Trinajstić information content (AvgIpc) is 2.75. The van der Waals surface area contributed by atoms with Crippen LogP contribution in [0.3, 0.4) is 0 Å². The van der Waals surface area contributed by atoms with Crippen molar-refractivity contribution in [3.8, 4) is 0 Å². The van der Waals surface area contributed by atoms with Gasteiger partial charge in [0.05, 0.1) is 36.1 Å². The molecule has 9 heteroatoms. The van der Waals surface area contributed by atoms with Crippen LogP contribution in [0.4, 0.5) is 5.82 Å². The van der Waals surface area contributed by atoms with Crippen molar-refractivity contribution < 1.29 is 9.53 Å².